The maximum Gasteiger partial charge on any atom is 0.330 e. The molecule has 0 bridgehead atoms. The van der Waals surface area contributed by atoms with Crippen LogP contribution in [-0.4, -0.2) is 48.4 Å². The lowest BCUT2D eigenvalue weighted by Crippen LogP contribution is -2.44. The van der Waals surface area contributed by atoms with E-state index >= 15 is 0 Å². The van der Waals surface area contributed by atoms with E-state index in [0.717, 1.165) is 0 Å². The van der Waals surface area contributed by atoms with Gasteiger partial charge in [0.15, 0.2) is 8.32 Å². The summed E-state index contributed by atoms with van der Waals surface area (Å²) >= 11 is 0. The number of rotatable bonds is 8. The van der Waals surface area contributed by atoms with Gasteiger partial charge in [0.2, 0.25) is 0 Å². The number of aromatic amines is 1. The number of carbonyl (C=O) groups excluding carboxylic acids is 2. The Morgan fingerprint density at radius 1 is 1.26 bits per heavy atom. The molecule has 174 valence electrons. The Morgan fingerprint density at radius 3 is 2.48 bits per heavy atom. The number of hydrogen-bond acceptors (Lipinski definition) is 7. The van der Waals surface area contributed by atoms with E-state index in [4.69, 9.17) is 13.9 Å². The number of aromatic nitrogens is 2. The third-order valence-electron chi connectivity index (χ3n) is 6.02. The highest BCUT2D eigenvalue weighted by molar-refractivity contribution is 6.74. The topological polar surface area (TPSA) is 117 Å². The second kappa shape index (κ2) is 9.62. The summed E-state index contributed by atoms with van der Waals surface area (Å²) in [5, 5.41) is -0.00830. The van der Waals surface area contributed by atoms with Crippen molar-refractivity contribution in [2.45, 2.75) is 90.4 Å². The number of hydrogen-bond donors (Lipinski definition) is 1. The van der Waals surface area contributed by atoms with Crippen molar-refractivity contribution in [3.63, 3.8) is 0 Å². The van der Waals surface area contributed by atoms with Crippen LogP contribution in [0.25, 0.3) is 0 Å². The first-order chi connectivity index (χ1) is 14.2. The molecule has 0 saturated carbocycles. The molecule has 2 heterocycles. The monoisotopic (exact) mass is 454 g/mol. The van der Waals surface area contributed by atoms with E-state index in [1.807, 2.05) is 0 Å². The molecule has 1 aliphatic heterocycles. The fourth-order valence-electron chi connectivity index (χ4n) is 2.96. The molecule has 1 saturated heterocycles. The Labute approximate surface area is 183 Å². The second-order valence-corrected chi connectivity index (χ2v) is 14.5. The molecule has 0 unspecified atom stereocenters. The summed E-state index contributed by atoms with van der Waals surface area (Å²) in [4.78, 5) is 49.7. The van der Waals surface area contributed by atoms with Gasteiger partial charge in [0, 0.05) is 24.6 Å². The molecular formula is C21H34N2O7Si. The van der Waals surface area contributed by atoms with Gasteiger partial charge >= 0.3 is 11.7 Å². The highest BCUT2D eigenvalue weighted by Crippen LogP contribution is 2.38. The minimum Gasteiger partial charge on any atom is -0.459 e. The van der Waals surface area contributed by atoms with Gasteiger partial charge in [-0.3, -0.25) is 19.1 Å². The van der Waals surface area contributed by atoms with E-state index in [1.54, 1.807) is 6.92 Å². The van der Waals surface area contributed by atoms with Gasteiger partial charge in [-0.05, 0) is 32.0 Å². The third kappa shape index (κ3) is 6.47. The van der Waals surface area contributed by atoms with E-state index in [0.29, 0.717) is 5.56 Å². The van der Waals surface area contributed by atoms with Crippen molar-refractivity contribution >= 4 is 20.1 Å². The lowest BCUT2D eigenvalue weighted by molar-refractivity contribution is -0.153. The zero-order chi connectivity index (χ0) is 23.6. The number of ether oxygens (including phenoxy) is 2. The first-order valence-electron chi connectivity index (χ1n) is 10.5. The van der Waals surface area contributed by atoms with Gasteiger partial charge in [-0.25, -0.2) is 4.79 Å². The van der Waals surface area contributed by atoms with Crippen LogP contribution >= 0.6 is 0 Å². The summed E-state index contributed by atoms with van der Waals surface area (Å²) in [5.41, 5.74) is -0.670. The molecule has 1 N–H and O–H groups in total. The molecule has 1 aromatic heterocycles. The molecule has 10 heteroatoms. The van der Waals surface area contributed by atoms with Crippen LogP contribution in [0.5, 0.6) is 0 Å². The molecule has 1 aromatic rings. The van der Waals surface area contributed by atoms with E-state index in [1.165, 1.54) is 17.7 Å². The number of nitrogens with one attached hydrogen (secondary N) is 1. The Bertz CT molecular complexity index is 929. The van der Waals surface area contributed by atoms with Crippen molar-refractivity contribution < 1.29 is 23.5 Å². The average Bonchev–Trinajstić information content (AvgIpc) is 3.03. The van der Waals surface area contributed by atoms with Gasteiger partial charge in [-0.15, -0.1) is 0 Å². The standard InChI is InChI=1S/C21H34N2O7Si/c1-13-11-23(20(27)22-19(13)26)17-10-15(30-18(25)9-8-14(2)24)16(29-17)12-28-31(6,7)21(3,4)5/h11,15-17H,8-10,12H2,1-7H3,(H,22,26,27)/t15-,16+,17+/m0/s1. The smallest absolute Gasteiger partial charge is 0.330 e. The number of Topliss-reactive ketones (excluding diaryl/α,β-unsaturated/α-hetero) is 1. The maximum absolute atomic E-state index is 12.3. The Kier molecular flexibility index (Phi) is 7.83. The molecular weight excluding hydrogens is 420 g/mol. The molecule has 31 heavy (non-hydrogen) atoms. The molecule has 0 radical (unpaired) electrons. The Balaban J connectivity index is 2.21. The van der Waals surface area contributed by atoms with Crippen molar-refractivity contribution in [3.8, 4) is 0 Å². The SMILES string of the molecule is CC(=O)CCC(=O)O[C@H]1C[C@H](n2cc(C)c(=O)[nH]c2=O)O[C@@H]1CO[Si](C)(C)C(C)(C)C. The fourth-order valence-corrected chi connectivity index (χ4v) is 3.97. The van der Waals surface area contributed by atoms with Gasteiger partial charge in [-0.1, -0.05) is 20.8 Å². The summed E-state index contributed by atoms with van der Waals surface area (Å²) in [6, 6.07) is 0. The van der Waals surface area contributed by atoms with Crippen LogP contribution in [0.1, 0.15) is 58.7 Å². The lowest BCUT2D eigenvalue weighted by Gasteiger charge is -2.37. The molecule has 0 spiro atoms. The maximum atomic E-state index is 12.3. The molecule has 0 aliphatic carbocycles. The molecule has 1 aliphatic rings. The molecule has 0 aromatic carbocycles. The van der Waals surface area contributed by atoms with Crippen LogP contribution in [-0.2, 0) is 23.5 Å². The molecule has 0 amide bonds. The van der Waals surface area contributed by atoms with Gasteiger partial charge < -0.3 is 18.7 Å². The second-order valence-electron chi connectivity index (χ2n) is 9.65. The van der Waals surface area contributed by atoms with E-state index < -0.39 is 44.0 Å². The van der Waals surface area contributed by atoms with Gasteiger partial charge in [0.1, 0.15) is 24.2 Å². The van der Waals surface area contributed by atoms with Crippen molar-refractivity contribution in [1.29, 1.82) is 0 Å². The van der Waals surface area contributed by atoms with Crippen LogP contribution in [0.4, 0.5) is 0 Å². The van der Waals surface area contributed by atoms with E-state index in [-0.39, 0.29) is 36.7 Å². The molecule has 1 fully saturated rings. The van der Waals surface area contributed by atoms with Crippen LogP contribution in [0.2, 0.25) is 18.1 Å². The van der Waals surface area contributed by atoms with Gasteiger partial charge in [-0.2, -0.15) is 0 Å². The fraction of sp³-hybridized carbons (Fsp3) is 0.714. The van der Waals surface area contributed by atoms with Crippen molar-refractivity contribution in [3.05, 3.63) is 32.6 Å². The average molecular weight is 455 g/mol. The Hall–Kier alpha value is -2.04. The predicted molar refractivity (Wildman–Crippen MR) is 118 cm³/mol. The highest BCUT2D eigenvalue weighted by atomic mass is 28.4. The molecule has 9 nitrogen and oxygen atoms in total. The van der Waals surface area contributed by atoms with Crippen LogP contribution in [0.3, 0.4) is 0 Å². The number of esters is 1. The zero-order valence-corrected chi connectivity index (χ0v) is 20.4. The van der Waals surface area contributed by atoms with Crippen molar-refractivity contribution in [2.24, 2.45) is 0 Å². The number of nitrogens with zero attached hydrogens (tertiary/aromatic N) is 1. The number of aryl methyl sites for hydroxylation is 1. The normalized spacial score (nSPS) is 21.8. The summed E-state index contributed by atoms with van der Waals surface area (Å²) in [6.07, 6.45) is -0.126. The first-order valence-corrected chi connectivity index (χ1v) is 13.4. The summed E-state index contributed by atoms with van der Waals surface area (Å²) in [6.45, 7) is 13.8. The lowest BCUT2D eigenvalue weighted by atomic mass is 10.1. The Morgan fingerprint density at radius 2 is 1.90 bits per heavy atom. The zero-order valence-electron chi connectivity index (χ0n) is 19.4. The van der Waals surface area contributed by atoms with Crippen molar-refractivity contribution in [2.75, 3.05) is 6.61 Å². The minimum absolute atomic E-state index is 0.00830. The van der Waals surface area contributed by atoms with Crippen LogP contribution < -0.4 is 11.2 Å². The number of H-pyrrole nitrogens is 1. The van der Waals surface area contributed by atoms with E-state index in [2.05, 4.69) is 38.8 Å². The molecule has 2 rings (SSSR count). The number of ketones is 1. The van der Waals surface area contributed by atoms with E-state index in [9.17, 15) is 19.2 Å². The largest absolute Gasteiger partial charge is 0.459 e. The van der Waals surface area contributed by atoms with Gasteiger partial charge in [0.25, 0.3) is 5.56 Å². The van der Waals surface area contributed by atoms with Crippen LogP contribution in [0.15, 0.2) is 15.8 Å². The van der Waals surface area contributed by atoms with Crippen LogP contribution in [0, 0.1) is 6.92 Å². The number of carbonyl (C=O) groups is 2. The summed E-state index contributed by atoms with van der Waals surface area (Å²) in [5.74, 6) is -0.586. The quantitative estimate of drug-likeness (QED) is 0.473. The molecule has 3 atom stereocenters. The third-order valence-corrected chi connectivity index (χ3v) is 10.5. The van der Waals surface area contributed by atoms with Gasteiger partial charge in [0.05, 0.1) is 13.0 Å². The minimum atomic E-state index is -2.08. The first kappa shape index (κ1) is 25.2. The predicted octanol–water partition coefficient (Wildman–Crippen LogP) is 2.44. The summed E-state index contributed by atoms with van der Waals surface area (Å²) in [7, 11) is -2.08. The highest BCUT2D eigenvalue weighted by Gasteiger charge is 2.43. The summed E-state index contributed by atoms with van der Waals surface area (Å²) < 4.78 is 19.2. The van der Waals surface area contributed by atoms with Crippen molar-refractivity contribution in [1.82, 2.24) is 9.55 Å².